The first-order chi connectivity index (χ1) is 10.4. The van der Waals surface area contributed by atoms with Gasteiger partial charge in [0.05, 0.1) is 12.4 Å². The lowest BCUT2D eigenvalue weighted by molar-refractivity contribution is -0.325. The molecule has 1 N–H and O–H groups in total. The Morgan fingerprint density at radius 3 is 2.73 bits per heavy atom. The molecule has 22 heavy (non-hydrogen) atoms. The van der Waals surface area contributed by atoms with E-state index >= 15 is 0 Å². The lowest BCUT2D eigenvalue weighted by Gasteiger charge is -2.35. The summed E-state index contributed by atoms with van der Waals surface area (Å²) in [7, 11) is -3.63. The van der Waals surface area contributed by atoms with E-state index in [0.717, 1.165) is 11.1 Å². The summed E-state index contributed by atoms with van der Waals surface area (Å²) >= 11 is 0. The topological polar surface area (TPSA) is 81.7 Å². The molecule has 0 aromatic heterocycles. The van der Waals surface area contributed by atoms with Crippen molar-refractivity contribution < 1.29 is 23.0 Å². The molecule has 0 saturated carbocycles. The average Bonchev–Trinajstić information content (AvgIpc) is 2.47. The van der Waals surface area contributed by atoms with Gasteiger partial charge in [-0.3, -0.25) is 9.52 Å². The van der Waals surface area contributed by atoms with E-state index < -0.39 is 21.3 Å². The molecule has 0 aliphatic carbocycles. The third kappa shape index (κ3) is 3.66. The quantitative estimate of drug-likeness (QED) is 0.828. The maximum absolute atomic E-state index is 12.7. The molecule has 1 heterocycles. The number of rotatable bonds is 5. The zero-order valence-corrected chi connectivity index (χ0v) is 13.6. The van der Waals surface area contributed by atoms with Crippen LogP contribution in [0.4, 0.5) is 0 Å². The molecular weight excluding hydrogens is 306 g/mol. The number of aryl methyl sites for hydroxylation is 1. The summed E-state index contributed by atoms with van der Waals surface area (Å²) in [5.41, 5.74) is 0.679. The summed E-state index contributed by atoms with van der Waals surface area (Å²) in [4.78, 5) is 22.6. The Kier molecular flexibility index (Phi) is 5.20. The number of carbonyl (C=O) groups excluding carboxylic acids is 1. The van der Waals surface area contributed by atoms with Crippen LogP contribution >= 0.6 is 0 Å². The average molecular weight is 327 g/mol. The van der Waals surface area contributed by atoms with Crippen molar-refractivity contribution in [3.8, 4) is 0 Å². The van der Waals surface area contributed by atoms with Gasteiger partial charge in [0.25, 0.3) is 0 Å². The summed E-state index contributed by atoms with van der Waals surface area (Å²) in [6.07, 6.45) is 0.809. The van der Waals surface area contributed by atoms with Crippen LogP contribution in [0.1, 0.15) is 30.9 Å². The van der Waals surface area contributed by atoms with E-state index in [1.807, 2.05) is 31.2 Å². The number of nitrogens with one attached hydrogen (secondary N) is 1. The van der Waals surface area contributed by atoms with Crippen LogP contribution in [0.3, 0.4) is 0 Å². The van der Waals surface area contributed by atoms with Crippen molar-refractivity contribution in [2.24, 2.45) is 0 Å². The minimum absolute atomic E-state index is 0.00999. The minimum Gasteiger partial charge on any atom is -0.273 e. The summed E-state index contributed by atoms with van der Waals surface area (Å²) < 4.78 is 26.0. The van der Waals surface area contributed by atoms with Crippen LogP contribution in [0.2, 0.25) is 0 Å². The zero-order valence-electron chi connectivity index (χ0n) is 12.8. The molecule has 1 saturated heterocycles. The molecule has 1 atom stereocenters. The predicted octanol–water partition coefficient (Wildman–Crippen LogP) is 1.44. The first-order valence-electron chi connectivity index (χ1n) is 7.26. The van der Waals surface area contributed by atoms with Crippen LogP contribution in [0.25, 0.3) is 0 Å². The maximum atomic E-state index is 12.7. The van der Waals surface area contributed by atoms with E-state index in [2.05, 4.69) is 4.72 Å². The fraction of sp³-hybridized carbons (Fsp3) is 0.533. The van der Waals surface area contributed by atoms with Crippen molar-refractivity contribution in [1.82, 2.24) is 4.72 Å². The Morgan fingerprint density at radius 1 is 1.36 bits per heavy atom. The van der Waals surface area contributed by atoms with Crippen molar-refractivity contribution in [1.29, 1.82) is 0 Å². The van der Waals surface area contributed by atoms with Crippen LogP contribution in [0.5, 0.6) is 0 Å². The van der Waals surface area contributed by atoms with Gasteiger partial charge in [-0.05, 0) is 25.3 Å². The largest absolute Gasteiger partial charge is 0.273 e. The fourth-order valence-electron chi connectivity index (χ4n) is 2.53. The third-order valence-corrected chi connectivity index (χ3v) is 5.17. The highest BCUT2D eigenvalue weighted by molar-refractivity contribution is 7.90. The molecule has 1 aromatic carbocycles. The molecule has 0 spiro atoms. The summed E-state index contributed by atoms with van der Waals surface area (Å²) in [6, 6.07) is 7.45. The van der Waals surface area contributed by atoms with Crippen molar-refractivity contribution >= 4 is 15.9 Å². The number of hydrogen-bond acceptors (Lipinski definition) is 5. The molecule has 1 unspecified atom stereocenters. The van der Waals surface area contributed by atoms with Gasteiger partial charge in [-0.2, -0.15) is 0 Å². The number of carbonyl (C=O) groups is 1. The molecule has 1 amide bonds. The van der Waals surface area contributed by atoms with Gasteiger partial charge in [-0.25, -0.2) is 18.2 Å². The second-order valence-corrected chi connectivity index (χ2v) is 7.38. The Balaban J connectivity index is 2.35. The van der Waals surface area contributed by atoms with E-state index in [1.54, 1.807) is 6.92 Å². The summed E-state index contributed by atoms with van der Waals surface area (Å²) in [6.45, 7) is 3.89. The molecule has 1 aliphatic rings. The van der Waals surface area contributed by atoms with Gasteiger partial charge in [-0.15, -0.1) is 0 Å². The van der Waals surface area contributed by atoms with Gasteiger partial charge >= 0.3 is 0 Å². The normalized spacial score (nSPS) is 22.3. The van der Waals surface area contributed by atoms with Crippen LogP contribution in [-0.4, -0.2) is 33.3 Å². The van der Waals surface area contributed by atoms with Gasteiger partial charge in [0.1, 0.15) is 12.0 Å². The monoisotopic (exact) mass is 327 g/mol. The summed E-state index contributed by atoms with van der Waals surface area (Å²) in [5.74, 6) is -0.644. The summed E-state index contributed by atoms with van der Waals surface area (Å²) in [5, 5.41) is 0. The Morgan fingerprint density at radius 2 is 2.14 bits per heavy atom. The van der Waals surface area contributed by atoms with Crippen LogP contribution < -0.4 is 4.72 Å². The molecule has 6 nitrogen and oxygen atoms in total. The number of sulfonamides is 1. The van der Waals surface area contributed by atoms with Crippen molar-refractivity contribution in [3.63, 3.8) is 0 Å². The highest BCUT2D eigenvalue weighted by atomic mass is 32.2. The van der Waals surface area contributed by atoms with E-state index in [4.69, 9.17) is 9.78 Å². The molecule has 0 radical (unpaired) electrons. The first-order valence-corrected chi connectivity index (χ1v) is 8.91. The predicted molar refractivity (Wildman–Crippen MR) is 81.6 cm³/mol. The van der Waals surface area contributed by atoms with Gasteiger partial charge in [0, 0.05) is 0 Å². The minimum atomic E-state index is -3.63. The Bertz CT molecular complexity index is 635. The SMILES string of the molecule is CCCS(=O)(=O)NC(=O)C1(c2cccc(C)c2)CCOOC1. The highest BCUT2D eigenvalue weighted by Gasteiger charge is 2.44. The van der Waals surface area contributed by atoms with Crippen molar-refractivity contribution in [2.75, 3.05) is 19.0 Å². The molecule has 1 aromatic rings. The first kappa shape index (κ1) is 16.9. The van der Waals surface area contributed by atoms with E-state index in [9.17, 15) is 13.2 Å². The van der Waals surface area contributed by atoms with E-state index in [0.29, 0.717) is 12.8 Å². The van der Waals surface area contributed by atoms with Gasteiger partial charge < -0.3 is 0 Å². The van der Waals surface area contributed by atoms with E-state index in [1.165, 1.54) is 0 Å². The number of hydrogen-bond donors (Lipinski definition) is 1. The standard InChI is InChI=1S/C15H21NO5S/c1-3-9-22(18,19)16-14(17)15(7-8-20-21-11-15)13-6-4-5-12(2)10-13/h4-6,10H,3,7-9,11H2,1-2H3,(H,16,17). The van der Waals surface area contributed by atoms with Crippen LogP contribution in [0, 0.1) is 6.92 Å². The highest BCUT2D eigenvalue weighted by Crippen LogP contribution is 2.32. The Hall–Kier alpha value is -1.44. The van der Waals surface area contributed by atoms with Crippen LogP contribution in [0.15, 0.2) is 24.3 Å². The van der Waals surface area contributed by atoms with Crippen LogP contribution in [-0.2, 0) is 30.0 Å². The van der Waals surface area contributed by atoms with Gasteiger partial charge in [0.2, 0.25) is 15.9 Å². The zero-order chi connectivity index (χ0) is 16.2. The second kappa shape index (κ2) is 6.76. The van der Waals surface area contributed by atoms with Crippen molar-refractivity contribution in [2.45, 2.75) is 32.1 Å². The molecule has 1 fully saturated rings. The number of amides is 1. The molecule has 122 valence electrons. The lowest BCUT2D eigenvalue weighted by atomic mass is 9.77. The van der Waals surface area contributed by atoms with E-state index in [-0.39, 0.29) is 19.0 Å². The Labute approximate surface area is 130 Å². The fourth-order valence-corrected chi connectivity index (χ4v) is 3.65. The molecule has 1 aliphatic heterocycles. The maximum Gasteiger partial charge on any atom is 0.246 e. The lowest BCUT2D eigenvalue weighted by Crippen LogP contribution is -2.52. The van der Waals surface area contributed by atoms with Crippen molar-refractivity contribution in [3.05, 3.63) is 35.4 Å². The molecule has 0 bridgehead atoms. The number of benzene rings is 1. The smallest absolute Gasteiger partial charge is 0.246 e. The van der Waals surface area contributed by atoms with Gasteiger partial charge in [0.15, 0.2) is 0 Å². The van der Waals surface area contributed by atoms with Gasteiger partial charge in [-0.1, -0.05) is 36.8 Å². The molecular formula is C15H21NO5S. The third-order valence-electron chi connectivity index (χ3n) is 3.73. The molecule has 7 heteroatoms. The molecule has 2 rings (SSSR count). The second-order valence-electron chi connectivity index (χ2n) is 5.54.